The molecule has 0 aliphatic carbocycles. The van der Waals surface area contributed by atoms with E-state index in [1.165, 1.54) is 30.6 Å². The molecule has 126 valence electrons. The standard InChI is InChI=1S/C15H12Cl2N2O5/c1-8(20)23-15(24-9(2)21,14-18-4-3-5-19-14)11-6-10(16)7-12(17)13(11)22/h3-7,22H,1-2H3. The molecule has 7 nitrogen and oxygen atoms in total. The molecule has 0 aliphatic heterocycles. The number of nitrogens with zero attached hydrogens (tertiary/aromatic N) is 2. The number of hydrogen-bond donors (Lipinski definition) is 1. The van der Waals surface area contributed by atoms with Gasteiger partial charge in [0.25, 0.3) is 0 Å². The molecule has 0 saturated heterocycles. The monoisotopic (exact) mass is 370 g/mol. The fraction of sp³-hybridized carbons (Fsp3) is 0.200. The van der Waals surface area contributed by atoms with Crippen molar-refractivity contribution < 1.29 is 24.2 Å². The number of benzene rings is 1. The van der Waals surface area contributed by atoms with Gasteiger partial charge in [-0.2, -0.15) is 0 Å². The van der Waals surface area contributed by atoms with Crippen molar-refractivity contribution in [1.29, 1.82) is 0 Å². The van der Waals surface area contributed by atoms with Gasteiger partial charge in [0.05, 0.1) is 10.6 Å². The van der Waals surface area contributed by atoms with E-state index in [1.807, 2.05) is 0 Å². The van der Waals surface area contributed by atoms with Crippen LogP contribution in [-0.2, 0) is 24.8 Å². The number of halogens is 2. The quantitative estimate of drug-likeness (QED) is 0.652. The summed E-state index contributed by atoms with van der Waals surface area (Å²) in [6, 6.07) is 4.03. The number of carbonyl (C=O) groups is 2. The van der Waals surface area contributed by atoms with Crippen molar-refractivity contribution >= 4 is 35.1 Å². The van der Waals surface area contributed by atoms with Crippen LogP contribution in [0.15, 0.2) is 30.6 Å². The van der Waals surface area contributed by atoms with Crippen molar-refractivity contribution in [2.45, 2.75) is 19.6 Å². The fourth-order valence-corrected chi connectivity index (χ4v) is 2.53. The molecule has 0 radical (unpaired) electrons. The van der Waals surface area contributed by atoms with E-state index in [9.17, 15) is 14.7 Å². The Morgan fingerprint density at radius 3 is 2.12 bits per heavy atom. The molecule has 2 rings (SSSR count). The highest BCUT2D eigenvalue weighted by atomic mass is 35.5. The number of phenolic OH excluding ortho intramolecular Hbond substituents is 1. The second-order valence-corrected chi connectivity index (χ2v) is 5.50. The van der Waals surface area contributed by atoms with Crippen molar-refractivity contribution in [2.75, 3.05) is 0 Å². The summed E-state index contributed by atoms with van der Waals surface area (Å²) in [5.74, 6) is -4.53. The van der Waals surface area contributed by atoms with Crippen LogP contribution in [0.2, 0.25) is 10.0 Å². The molecule has 1 N–H and O–H groups in total. The summed E-state index contributed by atoms with van der Waals surface area (Å²) < 4.78 is 10.5. The molecule has 0 fully saturated rings. The van der Waals surface area contributed by atoms with Crippen molar-refractivity contribution in [3.8, 4) is 5.75 Å². The van der Waals surface area contributed by atoms with E-state index in [1.54, 1.807) is 0 Å². The molecule has 0 atom stereocenters. The third-order valence-corrected chi connectivity index (χ3v) is 3.32. The molecule has 0 unspecified atom stereocenters. The van der Waals surface area contributed by atoms with Gasteiger partial charge in [-0.15, -0.1) is 0 Å². The highest BCUT2D eigenvalue weighted by Gasteiger charge is 2.47. The Bertz CT molecular complexity index is 767. The lowest BCUT2D eigenvalue weighted by molar-refractivity contribution is -0.218. The third kappa shape index (κ3) is 3.58. The van der Waals surface area contributed by atoms with Gasteiger partial charge in [-0.25, -0.2) is 9.97 Å². The number of esters is 2. The van der Waals surface area contributed by atoms with Gasteiger partial charge >= 0.3 is 17.7 Å². The molecular formula is C15H12Cl2N2O5. The van der Waals surface area contributed by atoms with Crippen LogP contribution in [0.5, 0.6) is 5.75 Å². The number of rotatable bonds is 4. The maximum atomic E-state index is 11.7. The largest absolute Gasteiger partial charge is 0.506 e. The number of aromatic nitrogens is 2. The van der Waals surface area contributed by atoms with Gasteiger partial charge in [0, 0.05) is 31.3 Å². The number of aromatic hydroxyl groups is 1. The Hall–Kier alpha value is -2.38. The van der Waals surface area contributed by atoms with Crippen LogP contribution in [0, 0.1) is 0 Å². The highest BCUT2D eigenvalue weighted by Crippen LogP contribution is 2.43. The van der Waals surface area contributed by atoms with E-state index in [0.717, 1.165) is 13.8 Å². The van der Waals surface area contributed by atoms with Gasteiger partial charge in [-0.1, -0.05) is 23.2 Å². The number of carbonyl (C=O) groups excluding carboxylic acids is 2. The van der Waals surface area contributed by atoms with Gasteiger partial charge in [-0.3, -0.25) is 9.59 Å². The highest BCUT2D eigenvalue weighted by molar-refractivity contribution is 6.35. The molecule has 0 spiro atoms. The summed E-state index contributed by atoms with van der Waals surface area (Å²) in [7, 11) is 0. The Morgan fingerprint density at radius 1 is 1.08 bits per heavy atom. The van der Waals surface area contributed by atoms with E-state index in [0.29, 0.717) is 0 Å². The summed E-state index contributed by atoms with van der Waals surface area (Å²) in [5.41, 5.74) is -0.184. The van der Waals surface area contributed by atoms with Crippen LogP contribution in [0.1, 0.15) is 25.2 Å². The summed E-state index contributed by atoms with van der Waals surface area (Å²) in [6.45, 7) is 2.20. The van der Waals surface area contributed by atoms with E-state index in [4.69, 9.17) is 32.7 Å². The smallest absolute Gasteiger partial charge is 0.348 e. The first-order chi connectivity index (χ1) is 11.3. The lowest BCUT2D eigenvalue weighted by atomic mass is 10.0. The molecule has 0 bridgehead atoms. The molecule has 9 heteroatoms. The Kier molecular flexibility index (Phi) is 5.26. The Morgan fingerprint density at radius 2 is 1.62 bits per heavy atom. The molecule has 1 aromatic carbocycles. The predicted octanol–water partition coefficient (Wildman–Crippen LogP) is 2.82. The van der Waals surface area contributed by atoms with Crippen LogP contribution in [0.25, 0.3) is 0 Å². The van der Waals surface area contributed by atoms with E-state index in [2.05, 4.69) is 9.97 Å². The number of ether oxygens (including phenoxy) is 2. The molecule has 24 heavy (non-hydrogen) atoms. The van der Waals surface area contributed by atoms with E-state index in [-0.39, 0.29) is 21.4 Å². The Labute approximate surface area is 147 Å². The van der Waals surface area contributed by atoms with Crippen molar-refractivity contribution in [1.82, 2.24) is 9.97 Å². The molecule has 0 saturated carbocycles. The van der Waals surface area contributed by atoms with Crippen molar-refractivity contribution in [3.05, 3.63) is 52.0 Å². The minimum absolute atomic E-state index is 0.118. The third-order valence-electron chi connectivity index (χ3n) is 2.82. The number of phenols is 1. The van der Waals surface area contributed by atoms with Crippen LogP contribution in [0.3, 0.4) is 0 Å². The first kappa shape index (κ1) is 18.0. The first-order valence-corrected chi connectivity index (χ1v) is 7.37. The molecule has 0 aliphatic rings. The zero-order chi connectivity index (χ0) is 17.9. The topological polar surface area (TPSA) is 98.6 Å². The van der Waals surface area contributed by atoms with Crippen molar-refractivity contribution in [2.24, 2.45) is 0 Å². The van der Waals surface area contributed by atoms with Gasteiger partial charge < -0.3 is 14.6 Å². The van der Waals surface area contributed by atoms with Crippen LogP contribution in [0.4, 0.5) is 0 Å². The number of hydrogen-bond acceptors (Lipinski definition) is 7. The normalized spacial score (nSPS) is 11.0. The molecule has 1 aromatic heterocycles. The molecular weight excluding hydrogens is 359 g/mol. The van der Waals surface area contributed by atoms with Crippen molar-refractivity contribution in [3.63, 3.8) is 0 Å². The van der Waals surface area contributed by atoms with Gasteiger partial charge in [0.2, 0.25) is 5.82 Å². The second kappa shape index (κ2) is 7.02. The van der Waals surface area contributed by atoms with Gasteiger partial charge in [0.1, 0.15) is 5.75 Å². The minimum Gasteiger partial charge on any atom is -0.506 e. The van der Waals surface area contributed by atoms with E-state index >= 15 is 0 Å². The minimum atomic E-state index is -2.24. The predicted molar refractivity (Wildman–Crippen MR) is 84.5 cm³/mol. The Balaban J connectivity index is 2.83. The van der Waals surface area contributed by atoms with Crippen LogP contribution < -0.4 is 0 Å². The summed E-state index contributed by atoms with van der Waals surface area (Å²) in [6.07, 6.45) is 2.71. The zero-order valence-corrected chi connectivity index (χ0v) is 14.1. The zero-order valence-electron chi connectivity index (χ0n) is 12.6. The lowest BCUT2D eigenvalue weighted by Gasteiger charge is -2.31. The summed E-state index contributed by atoms with van der Waals surface area (Å²) >= 11 is 11.9. The maximum Gasteiger partial charge on any atom is 0.348 e. The molecule has 1 heterocycles. The van der Waals surface area contributed by atoms with Crippen LogP contribution >= 0.6 is 23.2 Å². The summed E-state index contributed by atoms with van der Waals surface area (Å²) in [4.78, 5) is 31.2. The second-order valence-electron chi connectivity index (χ2n) is 4.66. The van der Waals surface area contributed by atoms with Gasteiger partial charge in [-0.05, 0) is 18.2 Å². The summed E-state index contributed by atoms with van der Waals surface area (Å²) in [5, 5.41) is 10.3. The molecule has 0 amide bonds. The van der Waals surface area contributed by atoms with Crippen LogP contribution in [-0.4, -0.2) is 27.0 Å². The van der Waals surface area contributed by atoms with Gasteiger partial charge in [0.15, 0.2) is 0 Å². The fourth-order valence-electron chi connectivity index (χ4n) is 2.03. The SMILES string of the molecule is CC(=O)OC(OC(C)=O)(c1ncccn1)c1cc(Cl)cc(Cl)c1O. The molecule has 2 aromatic rings. The maximum absolute atomic E-state index is 11.7. The first-order valence-electron chi connectivity index (χ1n) is 6.61. The van der Waals surface area contributed by atoms with E-state index < -0.39 is 23.5 Å². The average molecular weight is 371 g/mol. The lowest BCUT2D eigenvalue weighted by Crippen LogP contribution is -2.39. The average Bonchev–Trinajstić information content (AvgIpc) is 2.50.